The quantitative estimate of drug-likeness (QED) is 0.572. The summed E-state index contributed by atoms with van der Waals surface area (Å²) in [5.74, 6) is 1.01. The number of phenols is 1. The van der Waals surface area contributed by atoms with Crippen LogP contribution in [0.25, 0.3) is 22.4 Å². The van der Waals surface area contributed by atoms with Crippen LogP contribution in [-0.2, 0) is 6.42 Å². The van der Waals surface area contributed by atoms with Gasteiger partial charge in [-0.1, -0.05) is 30.3 Å². The SMILES string of the molecule is Oc1ccc(-c2cnc3ccc(NCCc4ccccc4)nc3n2)cc1. The molecule has 2 aromatic heterocycles. The summed E-state index contributed by atoms with van der Waals surface area (Å²) in [5.41, 5.74) is 4.25. The predicted octanol–water partition coefficient (Wildman–Crippen LogP) is 4.05. The van der Waals surface area contributed by atoms with Crippen molar-refractivity contribution >= 4 is 17.0 Å². The molecule has 4 rings (SSSR count). The second-order valence-electron chi connectivity index (χ2n) is 6.00. The Kier molecular flexibility index (Phi) is 4.43. The predicted molar refractivity (Wildman–Crippen MR) is 103 cm³/mol. The van der Waals surface area contributed by atoms with E-state index in [2.05, 4.69) is 32.4 Å². The van der Waals surface area contributed by atoms with E-state index in [0.29, 0.717) is 5.65 Å². The third-order valence-corrected chi connectivity index (χ3v) is 4.13. The first-order valence-electron chi connectivity index (χ1n) is 8.49. The zero-order chi connectivity index (χ0) is 17.8. The van der Waals surface area contributed by atoms with Gasteiger partial charge in [-0.15, -0.1) is 0 Å². The Labute approximate surface area is 151 Å². The van der Waals surface area contributed by atoms with Crippen molar-refractivity contribution in [2.75, 3.05) is 11.9 Å². The number of anilines is 1. The van der Waals surface area contributed by atoms with Crippen molar-refractivity contribution in [3.63, 3.8) is 0 Å². The number of phenolic OH excluding ortho intramolecular Hbond substituents is 1. The Hall–Kier alpha value is -3.47. The van der Waals surface area contributed by atoms with Crippen LogP contribution in [-0.4, -0.2) is 26.6 Å². The molecule has 0 spiro atoms. The highest BCUT2D eigenvalue weighted by Gasteiger charge is 2.05. The standard InChI is InChI=1S/C21H18N4O/c26-17-8-6-16(7-9-17)19-14-23-18-10-11-20(25-21(18)24-19)22-13-12-15-4-2-1-3-5-15/h1-11,14,26H,12-13H2,(H,22,24,25). The van der Waals surface area contributed by atoms with Gasteiger partial charge >= 0.3 is 0 Å². The number of aromatic hydroxyl groups is 1. The number of fused-ring (bicyclic) bond motifs is 1. The van der Waals surface area contributed by atoms with Gasteiger partial charge in [0.1, 0.15) is 17.1 Å². The molecule has 0 saturated carbocycles. The van der Waals surface area contributed by atoms with Gasteiger partial charge in [0.05, 0.1) is 11.9 Å². The number of aromatic nitrogens is 3. The molecule has 5 nitrogen and oxygen atoms in total. The second kappa shape index (κ2) is 7.19. The molecule has 2 aromatic carbocycles. The highest BCUT2D eigenvalue weighted by Crippen LogP contribution is 2.21. The van der Waals surface area contributed by atoms with Crippen molar-refractivity contribution in [1.82, 2.24) is 15.0 Å². The van der Waals surface area contributed by atoms with E-state index in [1.165, 1.54) is 5.56 Å². The third-order valence-electron chi connectivity index (χ3n) is 4.13. The Balaban J connectivity index is 1.52. The number of hydrogen-bond acceptors (Lipinski definition) is 5. The molecule has 0 aliphatic carbocycles. The lowest BCUT2D eigenvalue weighted by Crippen LogP contribution is -2.06. The van der Waals surface area contributed by atoms with E-state index in [4.69, 9.17) is 0 Å². The summed E-state index contributed by atoms with van der Waals surface area (Å²) in [4.78, 5) is 13.6. The monoisotopic (exact) mass is 342 g/mol. The van der Waals surface area contributed by atoms with Crippen LogP contribution >= 0.6 is 0 Å². The summed E-state index contributed by atoms with van der Waals surface area (Å²) in [6.45, 7) is 0.799. The van der Waals surface area contributed by atoms with Crippen LogP contribution in [0.5, 0.6) is 5.75 Å². The van der Waals surface area contributed by atoms with Crippen LogP contribution in [0, 0.1) is 0 Å². The fourth-order valence-corrected chi connectivity index (χ4v) is 2.75. The summed E-state index contributed by atoms with van der Waals surface area (Å²) in [5, 5.41) is 12.8. The van der Waals surface area contributed by atoms with Gasteiger partial charge in [-0.05, 0) is 48.4 Å². The van der Waals surface area contributed by atoms with E-state index in [1.54, 1.807) is 18.3 Å². The minimum Gasteiger partial charge on any atom is -0.508 e. The molecule has 2 heterocycles. The molecule has 0 amide bonds. The van der Waals surface area contributed by atoms with Crippen LogP contribution in [0.15, 0.2) is 72.9 Å². The molecule has 0 fully saturated rings. The molecule has 128 valence electrons. The molecule has 0 radical (unpaired) electrons. The van der Waals surface area contributed by atoms with Gasteiger partial charge in [0.25, 0.3) is 0 Å². The second-order valence-corrected chi connectivity index (χ2v) is 6.00. The van der Waals surface area contributed by atoms with Crippen LogP contribution in [0.3, 0.4) is 0 Å². The van der Waals surface area contributed by atoms with Gasteiger partial charge in [0.2, 0.25) is 0 Å². The fourth-order valence-electron chi connectivity index (χ4n) is 2.75. The number of hydrogen-bond donors (Lipinski definition) is 2. The van der Waals surface area contributed by atoms with Crippen molar-refractivity contribution in [2.24, 2.45) is 0 Å². The van der Waals surface area contributed by atoms with Gasteiger partial charge < -0.3 is 10.4 Å². The Bertz CT molecular complexity index is 1020. The third kappa shape index (κ3) is 3.62. The number of nitrogens with one attached hydrogen (secondary N) is 1. The molecule has 0 aliphatic heterocycles. The maximum atomic E-state index is 9.42. The summed E-state index contributed by atoms with van der Waals surface area (Å²) >= 11 is 0. The highest BCUT2D eigenvalue weighted by atomic mass is 16.3. The summed E-state index contributed by atoms with van der Waals surface area (Å²) in [6, 6.07) is 21.1. The molecular weight excluding hydrogens is 324 g/mol. The van der Waals surface area contributed by atoms with Gasteiger partial charge in [-0.3, -0.25) is 4.98 Å². The smallest absolute Gasteiger partial charge is 0.180 e. The van der Waals surface area contributed by atoms with Gasteiger partial charge in [0.15, 0.2) is 5.65 Å². The molecule has 0 saturated heterocycles. The largest absolute Gasteiger partial charge is 0.508 e. The number of pyridine rings is 1. The summed E-state index contributed by atoms with van der Waals surface area (Å²) in [6.07, 6.45) is 2.65. The van der Waals surface area contributed by atoms with Gasteiger partial charge in [-0.2, -0.15) is 0 Å². The topological polar surface area (TPSA) is 70.9 Å². The van der Waals surface area contributed by atoms with Crippen LogP contribution in [0.4, 0.5) is 5.82 Å². The molecule has 2 N–H and O–H groups in total. The zero-order valence-corrected chi connectivity index (χ0v) is 14.1. The van der Waals surface area contributed by atoms with Crippen molar-refractivity contribution in [1.29, 1.82) is 0 Å². The minimum absolute atomic E-state index is 0.227. The van der Waals surface area contributed by atoms with Crippen LogP contribution < -0.4 is 5.32 Å². The van der Waals surface area contributed by atoms with Crippen LogP contribution in [0.2, 0.25) is 0 Å². The van der Waals surface area contributed by atoms with Gasteiger partial charge in [-0.25, -0.2) is 9.97 Å². The van der Waals surface area contributed by atoms with Crippen molar-refractivity contribution in [2.45, 2.75) is 6.42 Å². The molecule has 26 heavy (non-hydrogen) atoms. The van der Waals surface area contributed by atoms with E-state index in [0.717, 1.165) is 35.6 Å². The molecule has 0 aliphatic rings. The summed E-state index contributed by atoms with van der Waals surface area (Å²) < 4.78 is 0. The lowest BCUT2D eigenvalue weighted by molar-refractivity contribution is 0.475. The first-order chi connectivity index (χ1) is 12.8. The fraction of sp³-hybridized carbons (Fsp3) is 0.0952. The molecule has 5 heteroatoms. The van der Waals surface area contributed by atoms with E-state index in [9.17, 15) is 5.11 Å². The lowest BCUT2D eigenvalue weighted by Gasteiger charge is -2.07. The lowest BCUT2D eigenvalue weighted by atomic mass is 10.1. The summed E-state index contributed by atoms with van der Waals surface area (Å²) in [7, 11) is 0. The van der Waals surface area contributed by atoms with Gasteiger partial charge in [0, 0.05) is 12.1 Å². The van der Waals surface area contributed by atoms with E-state index < -0.39 is 0 Å². The molecular formula is C21H18N4O. The maximum absolute atomic E-state index is 9.42. The van der Waals surface area contributed by atoms with Crippen LogP contribution in [0.1, 0.15) is 5.56 Å². The number of benzene rings is 2. The normalized spacial score (nSPS) is 10.8. The van der Waals surface area contributed by atoms with Crippen molar-refractivity contribution in [3.05, 3.63) is 78.5 Å². The van der Waals surface area contributed by atoms with E-state index >= 15 is 0 Å². The van der Waals surface area contributed by atoms with Crippen molar-refractivity contribution in [3.8, 4) is 17.0 Å². The van der Waals surface area contributed by atoms with Crippen molar-refractivity contribution < 1.29 is 5.11 Å². The highest BCUT2D eigenvalue weighted by molar-refractivity contribution is 5.75. The minimum atomic E-state index is 0.227. The molecule has 0 unspecified atom stereocenters. The molecule has 0 bridgehead atoms. The van der Waals surface area contributed by atoms with E-state index in [1.807, 2.05) is 42.5 Å². The Morgan fingerprint density at radius 2 is 1.65 bits per heavy atom. The first-order valence-corrected chi connectivity index (χ1v) is 8.49. The zero-order valence-electron chi connectivity index (χ0n) is 14.1. The first kappa shape index (κ1) is 16.0. The Morgan fingerprint density at radius 3 is 2.46 bits per heavy atom. The Morgan fingerprint density at radius 1 is 0.846 bits per heavy atom. The maximum Gasteiger partial charge on any atom is 0.180 e. The number of rotatable bonds is 5. The molecule has 0 atom stereocenters. The average Bonchev–Trinajstić information content (AvgIpc) is 2.69. The molecule has 4 aromatic rings. The average molecular weight is 342 g/mol. The van der Waals surface area contributed by atoms with E-state index in [-0.39, 0.29) is 5.75 Å². The number of nitrogens with zero attached hydrogens (tertiary/aromatic N) is 3.